The molecule has 70 heavy (non-hydrogen) atoms. The van der Waals surface area contributed by atoms with Crippen molar-refractivity contribution in [1.29, 1.82) is 0 Å². The quantitative estimate of drug-likeness (QED) is 0.0370. The molecule has 0 saturated carbocycles. The molecule has 21 nitrogen and oxygen atoms in total. The van der Waals surface area contributed by atoms with Crippen molar-refractivity contribution in [2.45, 2.75) is 19.6 Å². The number of nitrogens with zero attached hydrogens (tertiary/aromatic N) is 4. The zero-order chi connectivity index (χ0) is 47.5. The van der Waals surface area contributed by atoms with Crippen molar-refractivity contribution >= 4 is 242 Å². The molecule has 8 rings (SSSR count). The molecule has 0 aliphatic carbocycles. The number of phenols is 2. The minimum atomic E-state index is -5.10. The van der Waals surface area contributed by atoms with Gasteiger partial charge in [0.25, 0.3) is 40.5 Å². The Balaban J connectivity index is 0.00000266. The average molecular weight is 1060 g/mol. The van der Waals surface area contributed by atoms with Crippen molar-refractivity contribution < 1.29 is 66.9 Å². The maximum Gasteiger partial charge on any atom is 0.323 e. The Labute approximate surface area is 486 Å². The molecule has 29 heteroatoms. The molecule has 8 aromatic rings. The minimum absolute atomic E-state index is 0. The molecule has 2 amide bonds. The normalized spacial score (nSPS) is 12.1. The van der Waals surface area contributed by atoms with Crippen LogP contribution >= 0.6 is 0 Å². The van der Waals surface area contributed by atoms with E-state index in [4.69, 9.17) is 0 Å². The van der Waals surface area contributed by atoms with Gasteiger partial charge in [0.15, 0.2) is 11.5 Å². The van der Waals surface area contributed by atoms with Gasteiger partial charge in [-0.3, -0.25) is 18.2 Å². The van der Waals surface area contributed by atoms with E-state index in [0.29, 0.717) is 0 Å². The molecule has 0 atom stereocenters. The van der Waals surface area contributed by atoms with Crippen LogP contribution in [0, 0.1) is 0 Å². The van der Waals surface area contributed by atoms with E-state index in [2.05, 4.69) is 31.1 Å². The second-order valence-corrected chi connectivity index (χ2v) is 19.7. The molecule has 0 unspecified atom stereocenters. The van der Waals surface area contributed by atoms with Gasteiger partial charge in [0.2, 0.25) is 0 Å². The zero-order valence-corrected chi connectivity index (χ0v) is 48.1. The fraction of sp³-hybridized carbons (Fsp3) is 0. The van der Waals surface area contributed by atoms with Crippen molar-refractivity contribution in [1.82, 2.24) is 0 Å². The van der Waals surface area contributed by atoms with Crippen LogP contribution in [-0.4, -0.2) is 186 Å². The molecular weight excluding hydrogens is 1040 g/mol. The van der Waals surface area contributed by atoms with Crippen molar-refractivity contribution in [2.24, 2.45) is 20.5 Å². The number of carbonyl (C=O) groups excluding carboxylic acids is 1. The summed E-state index contributed by atoms with van der Waals surface area (Å²) in [7, 11) is -19.5. The number of azo groups is 2. The van der Waals surface area contributed by atoms with Gasteiger partial charge in [-0.15, -0.1) is 20.5 Å². The van der Waals surface area contributed by atoms with Gasteiger partial charge >= 0.3 is 6.03 Å². The Morgan fingerprint density at radius 1 is 0.386 bits per heavy atom. The van der Waals surface area contributed by atoms with Gasteiger partial charge < -0.3 is 20.8 Å². The molecule has 0 aliphatic rings. The summed E-state index contributed by atoms with van der Waals surface area (Å²) in [5.74, 6) is -1.48. The monoisotopic (exact) mass is 1060 g/mol. The standard InChI is InChI=1S/C41H28N6O15S4.4Na/c48-39-25-11-9-23(17-21(25)19-35(65(57,58)59)37(39)46-44-31-13-15-33(63(51,52)53)29-7-3-1-5-27(29)31)42-41(50)43-24-10-12-26-22(18-24)20-36(66(60,61)62)38(40(26)49)47-45-32-14-16-34(64(54,55)56)30-8-4-2-6-28(30)32;;;;/h1-20,48-49H,(H2,42,43,50)(H,51,52,53)(H,54,55,56)(H,57,58,59)(H,60,61,62);;;;. The smallest absolute Gasteiger partial charge is 0.323 e. The molecule has 0 heterocycles. The van der Waals surface area contributed by atoms with Crippen molar-refractivity contribution in [3.63, 3.8) is 0 Å². The molecule has 8 N–H and O–H groups in total. The van der Waals surface area contributed by atoms with Crippen LogP contribution in [0.25, 0.3) is 43.1 Å². The maximum absolute atomic E-state index is 13.2. The second-order valence-electron chi connectivity index (χ2n) is 14.2. The van der Waals surface area contributed by atoms with Crippen LogP contribution < -0.4 is 10.6 Å². The Morgan fingerprint density at radius 2 is 0.714 bits per heavy atom. The summed E-state index contributed by atoms with van der Waals surface area (Å²) >= 11 is 0. The van der Waals surface area contributed by atoms with Crippen LogP contribution in [0.1, 0.15) is 0 Å². The van der Waals surface area contributed by atoms with Crippen LogP contribution in [0.2, 0.25) is 0 Å². The number of amides is 2. The Hall–Kier alpha value is -3.49. The van der Waals surface area contributed by atoms with Crippen molar-refractivity contribution in [2.75, 3.05) is 10.6 Å². The molecule has 0 fully saturated rings. The predicted molar refractivity (Wildman–Crippen MR) is 262 cm³/mol. The summed E-state index contributed by atoms with van der Waals surface area (Å²) in [5.41, 5.74) is -1.24. The first-order valence-corrected chi connectivity index (χ1v) is 24.2. The van der Waals surface area contributed by atoms with Gasteiger partial charge in [-0.05, 0) is 83.6 Å². The number of rotatable bonds is 10. The Morgan fingerprint density at radius 3 is 1.04 bits per heavy atom. The number of benzene rings is 8. The predicted octanol–water partition coefficient (Wildman–Crippen LogP) is 7.65. The van der Waals surface area contributed by atoms with Gasteiger partial charge in [-0.2, -0.15) is 33.7 Å². The molecule has 0 spiro atoms. The summed E-state index contributed by atoms with van der Waals surface area (Å²) in [6.45, 7) is 0. The van der Waals surface area contributed by atoms with E-state index in [9.17, 15) is 66.9 Å². The van der Waals surface area contributed by atoms with E-state index in [-0.39, 0.29) is 184 Å². The Kier molecular flexibility index (Phi) is 19.2. The first-order valence-electron chi connectivity index (χ1n) is 18.4. The van der Waals surface area contributed by atoms with Gasteiger partial charge in [0.1, 0.15) is 31.0 Å². The number of hydrogen-bond donors (Lipinski definition) is 8. The molecule has 0 saturated heterocycles. The summed E-state index contributed by atoms with van der Waals surface area (Å²) in [5, 5.41) is 43.7. The SMILES string of the molecule is O=C(Nc1ccc2c(O)c(N=Nc3ccc(S(=O)(=O)O)c4ccccc34)c(S(=O)(=O)O)cc2c1)Nc1ccc2c(O)c(N=Nc3ccc(S(=O)(=O)O)c4ccccc34)c(S(=O)(=O)O)cc2c1.[Na].[Na].[Na].[Na]. The van der Waals surface area contributed by atoms with Crippen LogP contribution in [0.4, 0.5) is 38.9 Å². The van der Waals surface area contributed by atoms with E-state index in [1.165, 1.54) is 84.9 Å². The molecule has 340 valence electrons. The van der Waals surface area contributed by atoms with Crippen LogP contribution in [0.3, 0.4) is 0 Å². The summed E-state index contributed by atoms with van der Waals surface area (Å²) < 4.78 is 137. The van der Waals surface area contributed by atoms with E-state index in [1.54, 1.807) is 12.1 Å². The Bertz CT molecular complexity index is 3710. The third-order valence-electron chi connectivity index (χ3n) is 9.97. The molecule has 0 aromatic heterocycles. The van der Waals surface area contributed by atoms with Gasteiger partial charge in [0, 0.05) is 162 Å². The third-order valence-corrected chi connectivity index (χ3v) is 13.5. The first kappa shape index (κ1) is 59.1. The molecule has 8 aromatic carbocycles. The van der Waals surface area contributed by atoms with E-state index in [1.807, 2.05) is 0 Å². The largest absolute Gasteiger partial charge is 0.505 e. The number of nitrogens with one attached hydrogen (secondary N) is 2. The van der Waals surface area contributed by atoms with Crippen molar-refractivity contribution in [3.05, 3.63) is 121 Å². The average Bonchev–Trinajstić information content (AvgIpc) is 3.23. The van der Waals surface area contributed by atoms with Crippen LogP contribution in [0.15, 0.2) is 161 Å². The van der Waals surface area contributed by atoms with Crippen LogP contribution in [0.5, 0.6) is 11.5 Å². The fourth-order valence-electron chi connectivity index (χ4n) is 7.08. The third kappa shape index (κ3) is 12.5. The zero-order valence-electron chi connectivity index (χ0n) is 36.8. The maximum atomic E-state index is 13.2. The number of fused-ring (bicyclic) bond motifs is 4. The minimum Gasteiger partial charge on any atom is -0.505 e. The van der Waals surface area contributed by atoms with Gasteiger partial charge in [-0.1, -0.05) is 48.5 Å². The van der Waals surface area contributed by atoms with Crippen molar-refractivity contribution in [3.8, 4) is 11.5 Å². The number of carbonyl (C=O) groups is 1. The molecule has 0 bridgehead atoms. The van der Waals surface area contributed by atoms with Gasteiger partial charge in [-0.25, -0.2) is 4.79 Å². The number of anilines is 2. The van der Waals surface area contributed by atoms with E-state index >= 15 is 0 Å². The first-order chi connectivity index (χ1) is 31.0. The van der Waals surface area contributed by atoms with E-state index < -0.39 is 89.0 Å². The molecule has 4 radical (unpaired) electrons. The number of phenolic OH excluding ortho intramolecular Hbond substituents is 2. The summed E-state index contributed by atoms with van der Waals surface area (Å²) in [6.07, 6.45) is 0. The number of aromatic hydroxyl groups is 2. The summed E-state index contributed by atoms with van der Waals surface area (Å²) in [6, 6.07) is 25.1. The van der Waals surface area contributed by atoms with Crippen LogP contribution in [-0.2, 0) is 40.5 Å². The fourth-order valence-corrected chi connectivity index (χ4v) is 9.79. The second kappa shape index (κ2) is 22.7. The number of urea groups is 1. The van der Waals surface area contributed by atoms with E-state index in [0.717, 1.165) is 24.3 Å². The summed E-state index contributed by atoms with van der Waals surface area (Å²) in [4.78, 5) is 10.6. The van der Waals surface area contributed by atoms with Gasteiger partial charge in [0.05, 0.1) is 11.4 Å². The molecule has 0 aliphatic heterocycles. The molecular formula is C41H28N6Na4O15S4. The number of hydrogen-bond acceptors (Lipinski definition) is 15. The topological polar surface area (TPSA) is 349 Å².